The highest BCUT2D eigenvalue weighted by Crippen LogP contribution is 2.26. The first-order valence-electron chi connectivity index (χ1n) is 11.0. The highest BCUT2D eigenvalue weighted by atomic mass is 35.5. The number of piperazine rings is 1. The lowest BCUT2D eigenvalue weighted by atomic mass is 10.1. The molecule has 0 atom stereocenters. The van der Waals surface area contributed by atoms with Crippen LogP contribution in [0.25, 0.3) is 0 Å². The highest BCUT2D eigenvalue weighted by molar-refractivity contribution is 6.32. The number of anilines is 2. The smallest absolute Gasteiger partial charge is 0.262 e. The predicted octanol–water partition coefficient (Wildman–Crippen LogP) is 4.67. The minimum absolute atomic E-state index is 0.0748. The van der Waals surface area contributed by atoms with Gasteiger partial charge in [0.1, 0.15) is 5.75 Å². The third-order valence-electron chi connectivity index (χ3n) is 5.51. The van der Waals surface area contributed by atoms with Crippen molar-refractivity contribution in [2.45, 2.75) is 34.1 Å². The molecule has 2 amide bonds. The molecule has 1 N–H and O–H groups in total. The lowest BCUT2D eigenvalue weighted by molar-refractivity contribution is -0.132. The van der Waals surface area contributed by atoms with E-state index in [1.54, 1.807) is 0 Å². The van der Waals surface area contributed by atoms with Crippen LogP contribution in [0.4, 0.5) is 11.4 Å². The van der Waals surface area contributed by atoms with Crippen LogP contribution in [0.1, 0.15) is 31.4 Å². The summed E-state index contributed by atoms with van der Waals surface area (Å²) in [5.74, 6) is 1.03. The van der Waals surface area contributed by atoms with Gasteiger partial charge >= 0.3 is 0 Å². The van der Waals surface area contributed by atoms with Gasteiger partial charge in [0.2, 0.25) is 5.91 Å². The fourth-order valence-electron chi connectivity index (χ4n) is 3.78. The lowest BCUT2D eigenvalue weighted by Gasteiger charge is -2.36. The maximum Gasteiger partial charge on any atom is 0.262 e. The standard InChI is InChI=1S/C25H32ClN3O3/c1-17(2)13-24(31)29-11-9-28(10-12-29)21-7-5-20(6-8-21)27-23(30)16-32-22-14-18(3)25(26)19(4)15-22/h5-8,14-15,17H,9-13,16H2,1-4H3,(H,27,30). The van der Waals surface area contributed by atoms with Gasteiger partial charge in [0.05, 0.1) is 0 Å². The fourth-order valence-corrected chi connectivity index (χ4v) is 3.89. The maximum absolute atomic E-state index is 12.3. The number of benzene rings is 2. The number of ether oxygens (including phenoxy) is 1. The van der Waals surface area contributed by atoms with Crippen LogP contribution in [-0.2, 0) is 9.59 Å². The fraction of sp³-hybridized carbons (Fsp3) is 0.440. The van der Waals surface area contributed by atoms with Gasteiger partial charge in [-0.3, -0.25) is 9.59 Å². The van der Waals surface area contributed by atoms with Gasteiger partial charge in [-0.1, -0.05) is 25.4 Å². The van der Waals surface area contributed by atoms with Gasteiger partial charge in [-0.15, -0.1) is 0 Å². The van der Waals surface area contributed by atoms with Crippen LogP contribution in [0, 0.1) is 19.8 Å². The molecule has 0 unspecified atom stereocenters. The van der Waals surface area contributed by atoms with E-state index < -0.39 is 0 Å². The second-order valence-corrected chi connectivity index (χ2v) is 9.10. The van der Waals surface area contributed by atoms with Crippen LogP contribution in [0.5, 0.6) is 5.75 Å². The zero-order valence-corrected chi connectivity index (χ0v) is 20.0. The number of amides is 2. The number of carbonyl (C=O) groups is 2. The molecule has 1 saturated heterocycles. The van der Waals surface area contributed by atoms with Crippen LogP contribution >= 0.6 is 11.6 Å². The molecule has 0 saturated carbocycles. The number of nitrogens with one attached hydrogen (secondary N) is 1. The van der Waals surface area contributed by atoms with Gasteiger partial charge in [0.25, 0.3) is 5.91 Å². The predicted molar refractivity (Wildman–Crippen MR) is 130 cm³/mol. The van der Waals surface area contributed by atoms with Gasteiger partial charge < -0.3 is 19.9 Å². The van der Waals surface area contributed by atoms with E-state index in [9.17, 15) is 9.59 Å². The zero-order chi connectivity index (χ0) is 23.3. The Morgan fingerprint density at radius 3 is 2.19 bits per heavy atom. The molecule has 0 spiro atoms. The van der Waals surface area contributed by atoms with Gasteiger partial charge in [-0.05, 0) is 67.3 Å². The van der Waals surface area contributed by atoms with Crippen molar-refractivity contribution in [2.24, 2.45) is 5.92 Å². The summed E-state index contributed by atoms with van der Waals surface area (Å²) in [6.45, 7) is 11.0. The average Bonchev–Trinajstić information content (AvgIpc) is 2.76. The second kappa shape index (κ2) is 10.7. The molecule has 2 aromatic carbocycles. The summed E-state index contributed by atoms with van der Waals surface area (Å²) in [7, 11) is 0. The summed E-state index contributed by atoms with van der Waals surface area (Å²) >= 11 is 6.17. The molecule has 172 valence electrons. The molecule has 32 heavy (non-hydrogen) atoms. The first-order chi connectivity index (χ1) is 15.2. The summed E-state index contributed by atoms with van der Waals surface area (Å²) in [5, 5.41) is 3.58. The summed E-state index contributed by atoms with van der Waals surface area (Å²) in [4.78, 5) is 28.7. The molecule has 0 radical (unpaired) electrons. The van der Waals surface area contributed by atoms with Crippen molar-refractivity contribution in [3.8, 4) is 5.75 Å². The van der Waals surface area contributed by atoms with Crippen LogP contribution < -0.4 is 15.0 Å². The molecule has 1 aliphatic rings. The minimum Gasteiger partial charge on any atom is -0.484 e. The SMILES string of the molecule is Cc1cc(OCC(=O)Nc2ccc(N3CCN(C(=O)CC(C)C)CC3)cc2)cc(C)c1Cl. The molecule has 1 fully saturated rings. The van der Waals surface area contributed by atoms with E-state index in [1.807, 2.05) is 55.1 Å². The Morgan fingerprint density at radius 2 is 1.62 bits per heavy atom. The van der Waals surface area contributed by atoms with Gasteiger partial charge in [0.15, 0.2) is 6.61 Å². The van der Waals surface area contributed by atoms with Crippen molar-refractivity contribution in [1.82, 2.24) is 4.90 Å². The first kappa shape index (κ1) is 23.9. The zero-order valence-electron chi connectivity index (χ0n) is 19.3. The monoisotopic (exact) mass is 457 g/mol. The van der Waals surface area contributed by atoms with Crippen molar-refractivity contribution in [1.29, 1.82) is 0 Å². The van der Waals surface area contributed by atoms with E-state index in [0.29, 0.717) is 23.1 Å². The lowest BCUT2D eigenvalue weighted by Crippen LogP contribution is -2.49. The largest absolute Gasteiger partial charge is 0.484 e. The van der Waals surface area contributed by atoms with Crippen molar-refractivity contribution < 1.29 is 14.3 Å². The average molecular weight is 458 g/mol. The molecule has 0 bridgehead atoms. The van der Waals surface area contributed by atoms with Gasteiger partial charge in [0, 0.05) is 49.0 Å². The van der Waals surface area contributed by atoms with E-state index in [4.69, 9.17) is 16.3 Å². The quantitative estimate of drug-likeness (QED) is 0.656. The van der Waals surface area contributed by atoms with E-state index >= 15 is 0 Å². The van der Waals surface area contributed by atoms with E-state index in [0.717, 1.165) is 48.7 Å². The topological polar surface area (TPSA) is 61.9 Å². The summed E-state index contributed by atoms with van der Waals surface area (Å²) < 4.78 is 5.62. The van der Waals surface area contributed by atoms with Crippen molar-refractivity contribution in [3.05, 3.63) is 52.5 Å². The minimum atomic E-state index is -0.222. The Kier molecular flexibility index (Phi) is 8.02. The van der Waals surface area contributed by atoms with Crippen LogP contribution in [0.3, 0.4) is 0 Å². The molecule has 0 aromatic heterocycles. The third-order valence-corrected chi connectivity index (χ3v) is 6.11. The number of hydrogen-bond acceptors (Lipinski definition) is 4. The van der Waals surface area contributed by atoms with Gasteiger partial charge in [-0.2, -0.15) is 0 Å². The molecule has 3 rings (SSSR count). The molecule has 7 heteroatoms. The number of aryl methyl sites for hydroxylation is 2. The molecule has 6 nitrogen and oxygen atoms in total. The molecule has 0 aliphatic carbocycles. The normalized spacial score (nSPS) is 13.9. The van der Waals surface area contributed by atoms with E-state index in [2.05, 4.69) is 24.1 Å². The Bertz CT molecular complexity index is 928. The Hall–Kier alpha value is -2.73. The summed E-state index contributed by atoms with van der Waals surface area (Å²) in [6.07, 6.45) is 0.606. The van der Waals surface area contributed by atoms with E-state index in [1.165, 1.54) is 0 Å². The van der Waals surface area contributed by atoms with Crippen molar-refractivity contribution in [2.75, 3.05) is 43.0 Å². The van der Waals surface area contributed by atoms with Gasteiger partial charge in [-0.25, -0.2) is 0 Å². The molecule has 1 heterocycles. The Labute approximate surface area is 195 Å². The molecule has 1 aliphatic heterocycles. The Morgan fingerprint density at radius 1 is 1.03 bits per heavy atom. The number of hydrogen-bond donors (Lipinski definition) is 1. The molecular weight excluding hydrogens is 426 g/mol. The number of rotatable bonds is 7. The van der Waals surface area contributed by atoms with Crippen LogP contribution in [-0.4, -0.2) is 49.5 Å². The summed E-state index contributed by atoms with van der Waals surface area (Å²) in [5.41, 5.74) is 3.64. The third kappa shape index (κ3) is 6.39. The van der Waals surface area contributed by atoms with Crippen molar-refractivity contribution in [3.63, 3.8) is 0 Å². The second-order valence-electron chi connectivity index (χ2n) is 8.72. The maximum atomic E-state index is 12.3. The first-order valence-corrected chi connectivity index (χ1v) is 11.4. The molecule has 2 aromatic rings. The summed E-state index contributed by atoms with van der Waals surface area (Å²) in [6, 6.07) is 11.4. The number of carbonyl (C=O) groups excluding carboxylic acids is 2. The highest BCUT2D eigenvalue weighted by Gasteiger charge is 2.21. The van der Waals surface area contributed by atoms with Crippen LogP contribution in [0.2, 0.25) is 5.02 Å². The Balaban J connectivity index is 1.47. The van der Waals surface area contributed by atoms with Crippen LogP contribution in [0.15, 0.2) is 36.4 Å². The molecular formula is C25H32ClN3O3. The van der Waals surface area contributed by atoms with Crippen molar-refractivity contribution >= 4 is 34.8 Å². The number of nitrogens with zero attached hydrogens (tertiary/aromatic N) is 2. The number of halogens is 1. The van der Waals surface area contributed by atoms with E-state index in [-0.39, 0.29) is 18.4 Å².